The highest BCUT2D eigenvalue weighted by Gasteiger charge is 2.36. The summed E-state index contributed by atoms with van der Waals surface area (Å²) >= 11 is 1.74. The van der Waals surface area contributed by atoms with Crippen molar-refractivity contribution in [3.05, 3.63) is 70.8 Å². The van der Waals surface area contributed by atoms with E-state index in [2.05, 4.69) is 55.4 Å². The number of imidazole rings is 1. The lowest BCUT2D eigenvalue weighted by Crippen LogP contribution is -2.57. The molecule has 0 saturated heterocycles. The molecule has 0 saturated carbocycles. The molecule has 0 aliphatic carbocycles. The van der Waals surface area contributed by atoms with Gasteiger partial charge in [-0.2, -0.15) is 0 Å². The predicted octanol–water partition coefficient (Wildman–Crippen LogP) is 3.43. The van der Waals surface area contributed by atoms with Crippen LogP contribution in [-0.4, -0.2) is 33.7 Å². The van der Waals surface area contributed by atoms with Gasteiger partial charge in [0, 0.05) is 4.88 Å². The Morgan fingerprint density at radius 1 is 1.14 bits per heavy atom. The number of hydrogen-bond acceptors (Lipinski definition) is 7. The van der Waals surface area contributed by atoms with Gasteiger partial charge in [-0.15, -0.1) is 11.3 Å². The highest BCUT2D eigenvalue weighted by molar-refractivity contribution is 7.10. The number of furan rings is 1. The fraction of sp³-hybridized carbons (Fsp3) is 0.200. The number of aromatic nitrogens is 2. The first-order chi connectivity index (χ1) is 13.9. The summed E-state index contributed by atoms with van der Waals surface area (Å²) in [5.41, 5.74) is 2.11. The summed E-state index contributed by atoms with van der Waals surface area (Å²) in [7, 11) is 0. The zero-order valence-corrected chi connectivity index (χ0v) is 15.8. The van der Waals surface area contributed by atoms with Gasteiger partial charge < -0.3 is 9.73 Å². The lowest BCUT2D eigenvalue weighted by molar-refractivity contribution is 0.243. The molecular formula is C20H18N6OS. The van der Waals surface area contributed by atoms with Crippen molar-refractivity contribution < 1.29 is 4.42 Å². The molecule has 0 bridgehead atoms. The van der Waals surface area contributed by atoms with Gasteiger partial charge in [0.2, 0.25) is 11.9 Å². The molecule has 5 heterocycles. The fourth-order valence-corrected chi connectivity index (χ4v) is 4.64. The highest BCUT2D eigenvalue weighted by atomic mass is 32.1. The van der Waals surface area contributed by atoms with Crippen molar-refractivity contribution in [3.63, 3.8) is 0 Å². The number of nitrogens with one attached hydrogen (secondary N) is 1. The molecule has 1 aromatic carbocycles. The van der Waals surface area contributed by atoms with Gasteiger partial charge in [-0.3, -0.25) is 14.4 Å². The zero-order valence-electron chi connectivity index (χ0n) is 15.0. The minimum atomic E-state index is -0.00553. The van der Waals surface area contributed by atoms with Crippen LogP contribution >= 0.6 is 11.3 Å². The van der Waals surface area contributed by atoms with Gasteiger partial charge in [-0.05, 0) is 35.7 Å². The largest absolute Gasteiger partial charge is 0.468 e. The Bertz CT molecular complexity index is 1150. The molecule has 2 aliphatic rings. The summed E-state index contributed by atoms with van der Waals surface area (Å²) in [5.74, 6) is 2.73. The van der Waals surface area contributed by atoms with E-state index in [9.17, 15) is 0 Å². The van der Waals surface area contributed by atoms with Gasteiger partial charge in [-0.1, -0.05) is 18.2 Å². The van der Waals surface area contributed by atoms with Crippen molar-refractivity contribution in [2.24, 2.45) is 4.99 Å². The third kappa shape index (κ3) is 2.45. The van der Waals surface area contributed by atoms with Gasteiger partial charge in [0.25, 0.3) is 0 Å². The van der Waals surface area contributed by atoms with Crippen LogP contribution < -0.4 is 10.2 Å². The van der Waals surface area contributed by atoms with Crippen LogP contribution in [0.5, 0.6) is 0 Å². The zero-order chi connectivity index (χ0) is 18.5. The van der Waals surface area contributed by atoms with Gasteiger partial charge in [0.1, 0.15) is 11.9 Å². The maximum atomic E-state index is 5.51. The lowest BCUT2D eigenvalue weighted by atomic mass is 10.3. The Balaban J connectivity index is 1.44. The third-order valence-electron chi connectivity index (χ3n) is 5.13. The molecule has 0 fully saturated rings. The van der Waals surface area contributed by atoms with Crippen LogP contribution in [0.4, 0.5) is 5.95 Å². The van der Waals surface area contributed by atoms with E-state index in [4.69, 9.17) is 14.4 Å². The second kappa shape index (κ2) is 6.22. The molecule has 1 N–H and O–H groups in total. The van der Waals surface area contributed by atoms with E-state index in [1.54, 1.807) is 17.6 Å². The average molecular weight is 390 g/mol. The van der Waals surface area contributed by atoms with E-state index >= 15 is 0 Å². The quantitative estimate of drug-likeness (QED) is 0.581. The van der Waals surface area contributed by atoms with Crippen LogP contribution in [0.25, 0.3) is 11.0 Å². The standard InChI is InChI=1S/C20H18N6OS/c1-2-7-16-15(6-1)22-20-25-13-24(11-14-5-3-9-27-14)12-21-19(25)23-18(26(16)20)17-8-4-10-28-17/h1-10,18H,11-13H2,(H,21,23)/t18-/m1/s1. The number of thiophene rings is 1. The molecule has 140 valence electrons. The maximum absolute atomic E-state index is 5.51. The number of benzene rings is 1. The van der Waals surface area contributed by atoms with Crippen LogP contribution in [-0.2, 0) is 6.54 Å². The molecule has 7 nitrogen and oxygen atoms in total. The number of guanidine groups is 1. The van der Waals surface area contributed by atoms with Crippen LogP contribution in [0, 0.1) is 0 Å². The SMILES string of the molecule is c1coc(CN2CN=C3N[C@@H](c4cccs4)n4c(nc5ccccc54)N3C2)c1. The maximum Gasteiger partial charge on any atom is 0.216 e. The fourth-order valence-electron chi connectivity index (χ4n) is 3.88. The van der Waals surface area contributed by atoms with Gasteiger partial charge in [0.05, 0.1) is 37.2 Å². The number of para-hydroxylation sites is 2. The number of fused-ring (bicyclic) bond motifs is 5. The molecule has 28 heavy (non-hydrogen) atoms. The Labute approximate surface area is 165 Å². The molecule has 3 aromatic heterocycles. The number of aliphatic imine (C=N–C) groups is 1. The molecule has 0 radical (unpaired) electrons. The van der Waals surface area contributed by atoms with Crippen molar-refractivity contribution in [1.29, 1.82) is 0 Å². The van der Waals surface area contributed by atoms with Crippen molar-refractivity contribution >= 4 is 34.3 Å². The predicted molar refractivity (Wildman–Crippen MR) is 109 cm³/mol. The van der Waals surface area contributed by atoms with Crippen molar-refractivity contribution in [2.45, 2.75) is 12.7 Å². The topological polar surface area (TPSA) is 61.8 Å². The van der Waals surface area contributed by atoms with Gasteiger partial charge in [-0.25, -0.2) is 9.98 Å². The Kier molecular flexibility index (Phi) is 3.53. The van der Waals surface area contributed by atoms with E-state index in [0.717, 1.165) is 35.2 Å². The number of anilines is 1. The molecule has 0 unspecified atom stereocenters. The summed E-state index contributed by atoms with van der Waals surface area (Å²) in [6, 6.07) is 16.4. The normalized spacial score (nSPS) is 19.2. The summed E-state index contributed by atoms with van der Waals surface area (Å²) < 4.78 is 7.79. The Morgan fingerprint density at radius 3 is 2.96 bits per heavy atom. The molecule has 2 aliphatic heterocycles. The van der Waals surface area contributed by atoms with E-state index in [1.165, 1.54) is 4.88 Å². The van der Waals surface area contributed by atoms with Crippen LogP contribution in [0.1, 0.15) is 16.8 Å². The minimum Gasteiger partial charge on any atom is -0.468 e. The first-order valence-electron chi connectivity index (χ1n) is 9.20. The van der Waals surface area contributed by atoms with E-state index in [0.29, 0.717) is 13.3 Å². The summed E-state index contributed by atoms with van der Waals surface area (Å²) in [6.45, 7) is 2.04. The van der Waals surface area contributed by atoms with Gasteiger partial charge in [0.15, 0.2) is 0 Å². The minimum absolute atomic E-state index is 0.00553. The number of rotatable bonds is 3. The number of nitrogens with zero attached hydrogens (tertiary/aromatic N) is 5. The smallest absolute Gasteiger partial charge is 0.216 e. The molecular weight excluding hydrogens is 372 g/mol. The summed E-state index contributed by atoms with van der Waals surface area (Å²) in [4.78, 5) is 15.4. The van der Waals surface area contributed by atoms with E-state index in [1.807, 2.05) is 18.2 Å². The first kappa shape index (κ1) is 15.9. The first-order valence-corrected chi connectivity index (χ1v) is 10.1. The second-order valence-electron chi connectivity index (χ2n) is 6.93. The molecule has 4 aromatic rings. The van der Waals surface area contributed by atoms with E-state index < -0.39 is 0 Å². The second-order valence-corrected chi connectivity index (χ2v) is 7.91. The van der Waals surface area contributed by atoms with Crippen LogP contribution in [0.3, 0.4) is 0 Å². The van der Waals surface area contributed by atoms with Gasteiger partial charge >= 0.3 is 0 Å². The summed E-state index contributed by atoms with van der Waals surface area (Å²) in [6.07, 6.45) is 1.70. The Morgan fingerprint density at radius 2 is 2.11 bits per heavy atom. The average Bonchev–Trinajstić information content (AvgIpc) is 3.48. The van der Waals surface area contributed by atoms with Crippen LogP contribution in [0.15, 0.2) is 69.6 Å². The molecule has 0 amide bonds. The number of hydrogen-bond donors (Lipinski definition) is 1. The summed E-state index contributed by atoms with van der Waals surface area (Å²) in [5, 5.41) is 5.74. The van der Waals surface area contributed by atoms with E-state index in [-0.39, 0.29) is 6.17 Å². The molecule has 6 rings (SSSR count). The third-order valence-corrected chi connectivity index (χ3v) is 6.06. The molecule has 1 atom stereocenters. The van der Waals surface area contributed by atoms with Crippen molar-refractivity contribution in [3.8, 4) is 0 Å². The lowest BCUT2D eigenvalue weighted by Gasteiger charge is -2.41. The monoisotopic (exact) mass is 390 g/mol. The van der Waals surface area contributed by atoms with Crippen LogP contribution in [0.2, 0.25) is 0 Å². The Hall–Kier alpha value is -3.10. The van der Waals surface area contributed by atoms with Crippen molar-refractivity contribution in [1.82, 2.24) is 19.8 Å². The molecule has 0 spiro atoms. The highest BCUT2D eigenvalue weighted by Crippen LogP contribution is 2.35. The molecule has 8 heteroatoms. The van der Waals surface area contributed by atoms with Crippen molar-refractivity contribution in [2.75, 3.05) is 18.2 Å².